The SMILES string of the molecule is OC[C@@H]1CCCN1CC(F)(F)F. The van der Waals surface area contributed by atoms with Crippen molar-refractivity contribution >= 4 is 0 Å². The monoisotopic (exact) mass is 183 g/mol. The Kier molecular flexibility index (Phi) is 2.95. The van der Waals surface area contributed by atoms with Crippen LogP contribution in [0.25, 0.3) is 0 Å². The highest BCUT2D eigenvalue weighted by atomic mass is 19.4. The van der Waals surface area contributed by atoms with Crippen LogP contribution in [0.15, 0.2) is 0 Å². The molecule has 72 valence electrons. The lowest BCUT2D eigenvalue weighted by molar-refractivity contribution is -0.148. The summed E-state index contributed by atoms with van der Waals surface area (Å²) in [7, 11) is 0. The first kappa shape index (κ1) is 9.80. The van der Waals surface area contributed by atoms with E-state index < -0.39 is 12.7 Å². The summed E-state index contributed by atoms with van der Waals surface area (Å²) in [5.41, 5.74) is 0. The van der Waals surface area contributed by atoms with Gasteiger partial charge in [0.2, 0.25) is 0 Å². The Morgan fingerprint density at radius 2 is 2.08 bits per heavy atom. The molecule has 1 atom stereocenters. The topological polar surface area (TPSA) is 23.5 Å². The highest BCUT2D eigenvalue weighted by molar-refractivity contribution is 4.79. The number of aliphatic hydroxyl groups is 1. The average molecular weight is 183 g/mol. The van der Waals surface area contributed by atoms with Gasteiger partial charge in [0.1, 0.15) is 0 Å². The van der Waals surface area contributed by atoms with Crippen LogP contribution in [0.5, 0.6) is 0 Å². The molecule has 1 heterocycles. The van der Waals surface area contributed by atoms with Crippen LogP contribution in [0.4, 0.5) is 13.2 Å². The summed E-state index contributed by atoms with van der Waals surface area (Å²) in [6.45, 7) is -0.612. The minimum absolute atomic E-state index is 0.171. The Labute approximate surface area is 69.0 Å². The molecule has 12 heavy (non-hydrogen) atoms. The minimum Gasteiger partial charge on any atom is -0.395 e. The quantitative estimate of drug-likeness (QED) is 0.690. The van der Waals surface area contributed by atoms with Crippen LogP contribution in [-0.4, -0.2) is 41.9 Å². The molecule has 1 rings (SSSR count). The summed E-state index contributed by atoms with van der Waals surface area (Å²) in [6.07, 6.45) is -2.72. The molecule has 2 nitrogen and oxygen atoms in total. The Balaban J connectivity index is 2.41. The van der Waals surface area contributed by atoms with Crippen LogP contribution >= 0.6 is 0 Å². The molecule has 1 aliphatic rings. The fourth-order valence-corrected chi connectivity index (χ4v) is 1.54. The molecule has 1 saturated heterocycles. The van der Waals surface area contributed by atoms with Gasteiger partial charge in [-0.25, -0.2) is 0 Å². The number of aliphatic hydroxyl groups excluding tert-OH is 1. The van der Waals surface area contributed by atoms with Gasteiger partial charge in [-0.1, -0.05) is 0 Å². The second-order valence-corrected chi connectivity index (χ2v) is 3.06. The summed E-state index contributed by atoms with van der Waals surface area (Å²) >= 11 is 0. The lowest BCUT2D eigenvalue weighted by Crippen LogP contribution is -2.39. The van der Waals surface area contributed by atoms with Gasteiger partial charge in [-0.2, -0.15) is 13.2 Å². The van der Waals surface area contributed by atoms with Crippen LogP contribution < -0.4 is 0 Å². The Hall–Kier alpha value is -0.290. The molecule has 0 radical (unpaired) electrons. The zero-order valence-corrected chi connectivity index (χ0v) is 6.64. The standard InChI is InChI=1S/C7H12F3NO/c8-7(9,10)5-11-3-1-2-6(11)4-12/h6,12H,1-5H2/t6-/m0/s1. The Bertz CT molecular complexity index is 148. The maximum absolute atomic E-state index is 11.9. The predicted molar refractivity (Wildman–Crippen MR) is 37.7 cm³/mol. The first-order valence-corrected chi connectivity index (χ1v) is 3.94. The van der Waals surface area contributed by atoms with Crippen molar-refractivity contribution in [1.82, 2.24) is 4.90 Å². The van der Waals surface area contributed by atoms with Crippen molar-refractivity contribution in [3.63, 3.8) is 0 Å². The third-order valence-corrected chi connectivity index (χ3v) is 2.09. The molecule has 0 saturated carbocycles. The van der Waals surface area contributed by atoms with Crippen molar-refractivity contribution < 1.29 is 18.3 Å². The molecule has 1 aliphatic heterocycles. The van der Waals surface area contributed by atoms with Gasteiger partial charge in [-0.15, -0.1) is 0 Å². The number of likely N-dealkylation sites (tertiary alicyclic amines) is 1. The van der Waals surface area contributed by atoms with Crippen molar-refractivity contribution in [2.75, 3.05) is 19.7 Å². The zero-order valence-electron chi connectivity index (χ0n) is 6.64. The molecule has 1 fully saturated rings. The van der Waals surface area contributed by atoms with E-state index in [1.54, 1.807) is 0 Å². The van der Waals surface area contributed by atoms with Gasteiger partial charge in [0.05, 0.1) is 13.2 Å². The highest BCUT2D eigenvalue weighted by Crippen LogP contribution is 2.23. The number of nitrogens with zero attached hydrogens (tertiary/aromatic N) is 1. The van der Waals surface area contributed by atoms with Gasteiger partial charge in [0, 0.05) is 6.04 Å². The van der Waals surface area contributed by atoms with Crippen molar-refractivity contribution in [2.24, 2.45) is 0 Å². The van der Waals surface area contributed by atoms with Gasteiger partial charge in [0.25, 0.3) is 0 Å². The molecule has 1 N–H and O–H groups in total. The molecule has 0 amide bonds. The van der Waals surface area contributed by atoms with Gasteiger partial charge in [-0.3, -0.25) is 4.90 Å². The van der Waals surface area contributed by atoms with Gasteiger partial charge >= 0.3 is 6.18 Å². The predicted octanol–water partition coefficient (Wildman–Crippen LogP) is 1.01. The van der Waals surface area contributed by atoms with Crippen molar-refractivity contribution in [3.05, 3.63) is 0 Å². The van der Waals surface area contributed by atoms with Crippen LogP contribution in [0.2, 0.25) is 0 Å². The van der Waals surface area contributed by atoms with E-state index >= 15 is 0 Å². The smallest absolute Gasteiger partial charge is 0.395 e. The lowest BCUT2D eigenvalue weighted by atomic mass is 10.2. The van der Waals surface area contributed by atoms with E-state index in [0.29, 0.717) is 13.0 Å². The van der Waals surface area contributed by atoms with Crippen molar-refractivity contribution in [2.45, 2.75) is 25.1 Å². The molecule has 0 aromatic rings. The van der Waals surface area contributed by atoms with Gasteiger partial charge < -0.3 is 5.11 Å². The molecule has 0 bridgehead atoms. The average Bonchev–Trinajstić information content (AvgIpc) is 2.31. The van der Waals surface area contributed by atoms with E-state index in [-0.39, 0.29) is 12.6 Å². The number of rotatable bonds is 2. The largest absolute Gasteiger partial charge is 0.401 e. The second-order valence-electron chi connectivity index (χ2n) is 3.06. The summed E-state index contributed by atoms with van der Waals surface area (Å²) in [4.78, 5) is 1.29. The Morgan fingerprint density at radius 3 is 2.58 bits per heavy atom. The van der Waals surface area contributed by atoms with E-state index in [1.165, 1.54) is 4.90 Å². The zero-order chi connectivity index (χ0) is 9.19. The molecule has 0 spiro atoms. The lowest BCUT2D eigenvalue weighted by Gasteiger charge is -2.23. The molecule has 0 unspecified atom stereocenters. The fourth-order valence-electron chi connectivity index (χ4n) is 1.54. The van der Waals surface area contributed by atoms with Gasteiger partial charge in [-0.05, 0) is 19.4 Å². The number of halogens is 3. The summed E-state index contributed by atoms with van der Waals surface area (Å²) in [6, 6.07) is -0.286. The Morgan fingerprint density at radius 1 is 1.42 bits per heavy atom. The number of hydrogen-bond donors (Lipinski definition) is 1. The fraction of sp³-hybridized carbons (Fsp3) is 1.00. The molecular weight excluding hydrogens is 171 g/mol. The number of alkyl halides is 3. The van der Waals surface area contributed by atoms with E-state index in [0.717, 1.165) is 6.42 Å². The van der Waals surface area contributed by atoms with Gasteiger partial charge in [0.15, 0.2) is 0 Å². The molecule has 5 heteroatoms. The summed E-state index contributed by atoms with van der Waals surface area (Å²) in [5.74, 6) is 0. The van der Waals surface area contributed by atoms with Crippen molar-refractivity contribution in [3.8, 4) is 0 Å². The molecule has 0 aromatic heterocycles. The van der Waals surface area contributed by atoms with Crippen LogP contribution in [-0.2, 0) is 0 Å². The minimum atomic E-state index is -4.14. The molecule has 0 aromatic carbocycles. The van der Waals surface area contributed by atoms with Crippen LogP contribution in [0.1, 0.15) is 12.8 Å². The van der Waals surface area contributed by atoms with E-state index in [1.807, 2.05) is 0 Å². The second kappa shape index (κ2) is 3.62. The maximum atomic E-state index is 11.9. The number of hydrogen-bond acceptors (Lipinski definition) is 2. The van der Waals surface area contributed by atoms with E-state index in [4.69, 9.17) is 5.11 Å². The highest BCUT2D eigenvalue weighted by Gasteiger charge is 2.35. The third kappa shape index (κ3) is 2.64. The van der Waals surface area contributed by atoms with Crippen molar-refractivity contribution in [1.29, 1.82) is 0 Å². The molecule has 0 aliphatic carbocycles. The maximum Gasteiger partial charge on any atom is 0.401 e. The first-order valence-electron chi connectivity index (χ1n) is 3.94. The summed E-state index contributed by atoms with van der Waals surface area (Å²) < 4.78 is 35.7. The van der Waals surface area contributed by atoms with E-state index in [9.17, 15) is 13.2 Å². The third-order valence-electron chi connectivity index (χ3n) is 2.09. The molecular formula is C7H12F3NO. The van der Waals surface area contributed by atoms with Crippen LogP contribution in [0.3, 0.4) is 0 Å². The summed E-state index contributed by atoms with van der Waals surface area (Å²) in [5, 5.41) is 8.72. The first-order chi connectivity index (χ1) is 5.53. The van der Waals surface area contributed by atoms with Crippen LogP contribution in [0, 0.1) is 0 Å². The normalized spacial score (nSPS) is 26.5. The van der Waals surface area contributed by atoms with E-state index in [2.05, 4.69) is 0 Å².